The molecule has 1 aromatic heterocycles. The van der Waals surface area contributed by atoms with Gasteiger partial charge in [0.2, 0.25) is 16.0 Å². The Labute approximate surface area is 175 Å². The molecule has 3 aromatic rings. The zero-order valence-corrected chi connectivity index (χ0v) is 17.2. The van der Waals surface area contributed by atoms with E-state index < -0.39 is 10.0 Å². The Balaban J connectivity index is 1.38. The van der Waals surface area contributed by atoms with Crippen molar-refractivity contribution in [3.05, 3.63) is 48.0 Å². The normalized spacial score (nSPS) is 15.3. The molecule has 30 heavy (non-hydrogen) atoms. The van der Waals surface area contributed by atoms with Gasteiger partial charge in [0.25, 0.3) is 0 Å². The van der Waals surface area contributed by atoms with Crippen LogP contribution in [0, 0.1) is 0 Å². The van der Waals surface area contributed by atoms with Crippen LogP contribution in [0.15, 0.2) is 47.4 Å². The topological polar surface area (TPSA) is 136 Å². The number of nitrogens with one attached hydrogen (secondary N) is 1. The quantitative estimate of drug-likeness (QED) is 0.537. The molecular weight excluding hydrogens is 404 g/mol. The second kappa shape index (κ2) is 8.42. The maximum absolute atomic E-state index is 12.7. The Morgan fingerprint density at radius 2 is 1.77 bits per heavy atom. The summed E-state index contributed by atoms with van der Waals surface area (Å²) in [5.41, 5.74) is 14.2. The highest BCUT2D eigenvalue weighted by Gasteiger charge is 2.25. The second-order valence-corrected chi connectivity index (χ2v) is 8.97. The molecule has 5 N–H and O–H groups in total. The molecule has 4 rings (SSSR count). The van der Waals surface area contributed by atoms with E-state index >= 15 is 0 Å². The van der Waals surface area contributed by atoms with Crippen LogP contribution in [0.3, 0.4) is 0 Å². The van der Waals surface area contributed by atoms with Gasteiger partial charge in [0.1, 0.15) is 5.82 Å². The molecule has 10 heteroatoms. The van der Waals surface area contributed by atoms with Gasteiger partial charge in [-0.25, -0.2) is 13.4 Å². The first kappa shape index (κ1) is 20.3. The van der Waals surface area contributed by atoms with Crippen molar-refractivity contribution < 1.29 is 13.2 Å². The lowest BCUT2D eigenvalue weighted by molar-refractivity contribution is 0.0730. The van der Waals surface area contributed by atoms with Gasteiger partial charge >= 0.3 is 0 Å². The number of nitrogen functional groups attached to an aromatic ring is 2. The zero-order valence-electron chi connectivity index (χ0n) is 16.4. The number of morpholine rings is 1. The minimum absolute atomic E-state index is 0.153. The smallest absolute Gasteiger partial charge is 0.243 e. The Kier molecular flexibility index (Phi) is 5.71. The number of sulfonamides is 1. The van der Waals surface area contributed by atoms with Crippen molar-refractivity contribution in [3.8, 4) is 0 Å². The molecule has 9 nitrogen and oxygen atoms in total. The second-order valence-electron chi connectivity index (χ2n) is 7.04. The predicted octanol–water partition coefficient (Wildman–Crippen LogP) is 1.47. The van der Waals surface area contributed by atoms with Crippen molar-refractivity contribution in [2.75, 3.05) is 49.6 Å². The van der Waals surface area contributed by atoms with Crippen LogP contribution in [-0.4, -0.2) is 55.5 Å². The van der Waals surface area contributed by atoms with Gasteiger partial charge in [-0.05, 0) is 42.3 Å². The number of nitrogens with two attached hydrogens (primary N) is 2. The van der Waals surface area contributed by atoms with E-state index in [0.717, 1.165) is 23.1 Å². The fraction of sp³-hybridized carbons (Fsp3) is 0.300. The van der Waals surface area contributed by atoms with Gasteiger partial charge in [-0.2, -0.15) is 9.29 Å². The van der Waals surface area contributed by atoms with Crippen molar-refractivity contribution in [1.82, 2.24) is 14.3 Å². The van der Waals surface area contributed by atoms with Crippen molar-refractivity contribution in [3.63, 3.8) is 0 Å². The number of ether oxygens (including phenoxy) is 1. The third-order valence-electron chi connectivity index (χ3n) is 5.02. The van der Waals surface area contributed by atoms with Crippen LogP contribution in [0.25, 0.3) is 10.9 Å². The van der Waals surface area contributed by atoms with E-state index in [1.807, 2.05) is 30.3 Å². The molecule has 0 unspecified atom stereocenters. The van der Waals surface area contributed by atoms with E-state index in [9.17, 15) is 8.42 Å². The zero-order chi connectivity index (χ0) is 21.1. The molecule has 1 fully saturated rings. The number of nitrogens with zero attached hydrogens (tertiary/aromatic N) is 3. The van der Waals surface area contributed by atoms with Crippen molar-refractivity contribution in [1.29, 1.82) is 0 Å². The molecule has 158 valence electrons. The fourth-order valence-corrected chi connectivity index (χ4v) is 4.80. The predicted molar refractivity (Wildman–Crippen MR) is 117 cm³/mol. The number of rotatable bonds is 6. The van der Waals surface area contributed by atoms with Crippen LogP contribution in [0.5, 0.6) is 0 Å². The molecule has 0 amide bonds. The Morgan fingerprint density at radius 3 is 2.50 bits per heavy atom. The average molecular weight is 429 g/mol. The van der Waals surface area contributed by atoms with Crippen molar-refractivity contribution >= 4 is 38.4 Å². The molecule has 2 aromatic carbocycles. The van der Waals surface area contributed by atoms with Gasteiger partial charge in [-0.1, -0.05) is 12.1 Å². The molecule has 0 spiro atoms. The van der Waals surface area contributed by atoms with E-state index in [0.29, 0.717) is 49.1 Å². The Bertz CT molecular complexity index is 1150. The summed E-state index contributed by atoms with van der Waals surface area (Å²) in [7, 11) is -3.47. The molecule has 1 aliphatic rings. The Morgan fingerprint density at radius 1 is 1.03 bits per heavy atom. The maximum atomic E-state index is 12.7. The molecule has 0 saturated carbocycles. The number of fused-ring (bicyclic) bond motifs is 1. The van der Waals surface area contributed by atoms with Gasteiger partial charge in [-0.15, -0.1) is 0 Å². The number of aromatic nitrogens is 2. The lowest BCUT2D eigenvalue weighted by Gasteiger charge is -2.26. The molecule has 0 radical (unpaired) electrons. The van der Waals surface area contributed by atoms with Crippen LogP contribution in [-0.2, 0) is 21.2 Å². The molecular formula is C20H24N6O3S. The van der Waals surface area contributed by atoms with Crippen LogP contribution in [0.2, 0.25) is 0 Å². The summed E-state index contributed by atoms with van der Waals surface area (Å²) < 4.78 is 32.1. The molecule has 0 atom stereocenters. The number of hydrogen-bond acceptors (Lipinski definition) is 8. The SMILES string of the molecule is Nc1nc(N)c2cc(NCCc3ccc(S(=O)(=O)N4CCOCC4)cc3)ccc2n1. The van der Waals surface area contributed by atoms with E-state index in [4.69, 9.17) is 16.2 Å². The summed E-state index contributed by atoms with van der Waals surface area (Å²) in [5, 5.41) is 4.08. The van der Waals surface area contributed by atoms with Crippen LogP contribution in [0.1, 0.15) is 5.56 Å². The molecule has 1 saturated heterocycles. The molecule has 0 aliphatic carbocycles. The fourth-order valence-electron chi connectivity index (χ4n) is 3.40. The average Bonchev–Trinajstić information content (AvgIpc) is 2.75. The van der Waals surface area contributed by atoms with Gasteiger partial charge in [0.05, 0.1) is 23.6 Å². The lowest BCUT2D eigenvalue weighted by atomic mass is 10.1. The highest BCUT2D eigenvalue weighted by atomic mass is 32.2. The first-order valence-electron chi connectivity index (χ1n) is 9.67. The van der Waals surface area contributed by atoms with Gasteiger partial charge in [0, 0.05) is 30.7 Å². The molecule has 0 bridgehead atoms. The Hall–Kier alpha value is -2.95. The standard InChI is InChI=1S/C20H24N6O3S/c21-19-17-13-15(3-6-18(17)24-20(22)25-19)23-8-7-14-1-4-16(5-2-14)30(27,28)26-9-11-29-12-10-26/h1-6,13,23H,7-12H2,(H4,21,22,24,25). The minimum Gasteiger partial charge on any atom is -0.385 e. The monoisotopic (exact) mass is 428 g/mol. The van der Waals surface area contributed by atoms with Gasteiger partial charge < -0.3 is 21.5 Å². The number of benzene rings is 2. The molecule has 2 heterocycles. The first-order valence-corrected chi connectivity index (χ1v) is 11.1. The van der Waals surface area contributed by atoms with Crippen LogP contribution >= 0.6 is 0 Å². The highest BCUT2D eigenvalue weighted by Crippen LogP contribution is 2.23. The minimum atomic E-state index is -3.47. The lowest BCUT2D eigenvalue weighted by Crippen LogP contribution is -2.40. The third-order valence-corrected chi connectivity index (χ3v) is 6.93. The summed E-state index contributed by atoms with van der Waals surface area (Å²) in [6.45, 7) is 2.33. The van der Waals surface area contributed by atoms with Gasteiger partial charge in [-0.3, -0.25) is 0 Å². The van der Waals surface area contributed by atoms with Crippen LogP contribution < -0.4 is 16.8 Å². The maximum Gasteiger partial charge on any atom is 0.243 e. The van der Waals surface area contributed by atoms with Crippen molar-refractivity contribution in [2.45, 2.75) is 11.3 Å². The number of anilines is 3. The van der Waals surface area contributed by atoms with E-state index in [1.165, 1.54) is 4.31 Å². The summed E-state index contributed by atoms with van der Waals surface area (Å²) in [5.74, 6) is 0.498. The third kappa shape index (κ3) is 4.30. The largest absolute Gasteiger partial charge is 0.385 e. The number of hydrogen-bond donors (Lipinski definition) is 3. The summed E-state index contributed by atoms with van der Waals surface area (Å²) >= 11 is 0. The van der Waals surface area contributed by atoms with E-state index in [-0.39, 0.29) is 5.95 Å². The van der Waals surface area contributed by atoms with E-state index in [1.54, 1.807) is 12.1 Å². The first-order chi connectivity index (χ1) is 14.4. The van der Waals surface area contributed by atoms with Crippen LogP contribution in [0.4, 0.5) is 17.5 Å². The molecule has 1 aliphatic heterocycles. The van der Waals surface area contributed by atoms with E-state index in [2.05, 4.69) is 15.3 Å². The summed E-state index contributed by atoms with van der Waals surface area (Å²) in [6, 6.07) is 12.7. The summed E-state index contributed by atoms with van der Waals surface area (Å²) in [6.07, 6.45) is 0.740. The summed E-state index contributed by atoms with van der Waals surface area (Å²) in [4.78, 5) is 8.47. The van der Waals surface area contributed by atoms with Crippen molar-refractivity contribution in [2.24, 2.45) is 0 Å². The highest BCUT2D eigenvalue weighted by molar-refractivity contribution is 7.89. The van der Waals surface area contributed by atoms with Gasteiger partial charge in [0.15, 0.2) is 0 Å².